The summed E-state index contributed by atoms with van der Waals surface area (Å²) in [5.41, 5.74) is 3.93. The molecule has 0 bridgehead atoms. The van der Waals surface area contributed by atoms with Crippen molar-refractivity contribution in [3.8, 4) is 11.3 Å². The van der Waals surface area contributed by atoms with Gasteiger partial charge in [-0.1, -0.05) is 37.3 Å². The van der Waals surface area contributed by atoms with E-state index in [9.17, 15) is 19.7 Å². The number of nitrogens with one attached hydrogen (secondary N) is 1. The van der Waals surface area contributed by atoms with Crippen molar-refractivity contribution in [2.75, 3.05) is 11.9 Å². The first kappa shape index (κ1) is 27.4. The molecule has 3 heterocycles. The number of carbonyl (C=O) groups is 2. The monoisotopic (exact) mass is 559 g/mol. The largest absolute Gasteiger partial charge is 0.449 e. The molecule has 0 saturated carbocycles. The Morgan fingerprint density at radius 1 is 1.18 bits per heavy atom. The molecule has 0 aliphatic carbocycles. The highest BCUT2D eigenvalue weighted by Crippen LogP contribution is 2.31. The van der Waals surface area contributed by atoms with E-state index >= 15 is 0 Å². The quantitative estimate of drug-likeness (QED) is 0.168. The molecular formula is C29H29N5O5S. The lowest BCUT2D eigenvalue weighted by atomic mass is 9.95. The maximum absolute atomic E-state index is 13.7. The molecule has 40 heavy (non-hydrogen) atoms. The number of pyridine rings is 1. The van der Waals surface area contributed by atoms with E-state index in [0.29, 0.717) is 39.9 Å². The van der Waals surface area contributed by atoms with Gasteiger partial charge in [-0.25, -0.2) is 9.78 Å². The van der Waals surface area contributed by atoms with Gasteiger partial charge in [0.05, 0.1) is 21.7 Å². The Bertz CT molecular complexity index is 1600. The van der Waals surface area contributed by atoms with E-state index in [0.717, 1.165) is 29.7 Å². The summed E-state index contributed by atoms with van der Waals surface area (Å²) in [5, 5.41) is 16.6. The molecule has 10 nitrogen and oxygen atoms in total. The van der Waals surface area contributed by atoms with Gasteiger partial charge in [-0.2, -0.15) is 0 Å². The minimum Gasteiger partial charge on any atom is -0.449 e. The lowest BCUT2D eigenvalue weighted by Gasteiger charge is -2.32. The predicted octanol–water partition coefficient (Wildman–Crippen LogP) is 5.61. The normalized spacial score (nSPS) is 14.1. The second-order valence-electron chi connectivity index (χ2n) is 9.88. The number of hydrogen-bond donors (Lipinski definition) is 1. The van der Waals surface area contributed by atoms with Crippen molar-refractivity contribution in [3.05, 3.63) is 80.8 Å². The standard InChI is InChI=1S/C29H29N5O5S/c1-4-25(27(35)32-29-31-24(16-40-29)18-8-7-9-19(14-18)34(37)38)39-28(36)26-20-10-5-6-11-22(20)30-23-12-13-33(17(2)3)15-21(23)26/h5-11,14,16-17,25H,4,12-13,15H2,1-3H3,(H,31,32,35). The van der Waals surface area contributed by atoms with Gasteiger partial charge >= 0.3 is 5.97 Å². The number of non-ortho nitro benzene ring substituents is 1. The molecule has 1 aliphatic heterocycles. The van der Waals surface area contributed by atoms with Crippen LogP contribution < -0.4 is 5.32 Å². The molecule has 0 fully saturated rings. The molecule has 4 aromatic rings. The molecule has 0 saturated heterocycles. The Balaban J connectivity index is 1.37. The van der Waals surface area contributed by atoms with E-state index < -0.39 is 22.9 Å². The van der Waals surface area contributed by atoms with Crippen LogP contribution in [0.25, 0.3) is 22.2 Å². The highest BCUT2D eigenvalue weighted by atomic mass is 32.1. The minimum atomic E-state index is -1.04. The summed E-state index contributed by atoms with van der Waals surface area (Å²) in [7, 11) is 0. The zero-order valence-electron chi connectivity index (χ0n) is 22.4. The molecule has 1 unspecified atom stereocenters. The van der Waals surface area contributed by atoms with E-state index in [-0.39, 0.29) is 12.1 Å². The van der Waals surface area contributed by atoms with Gasteiger partial charge in [0.15, 0.2) is 11.2 Å². The first-order chi connectivity index (χ1) is 19.2. The number of nitrogens with zero attached hydrogens (tertiary/aromatic N) is 4. The third kappa shape index (κ3) is 5.56. The van der Waals surface area contributed by atoms with E-state index in [2.05, 4.69) is 29.0 Å². The lowest BCUT2D eigenvalue weighted by molar-refractivity contribution is -0.384. The number of anilines is 1. The maximum atomic E-state index is 13.7. The number of nitro benzene ring substituents is 1. The number of benzene rings is 2. The summed E-state index contributed by atoms with van der Waals surface area (Å²) >= 11 is 1.19. The summed E-state index contributed by atoms with van der Waals surface area (Å²) in [6, 6.07) is 13.9. The molecule has 2 aromatic heterocycles. The van der Waals surface area contributed by atoms with Crippen LogP contribution in [0.1, 0.15) is 48.8 Å². The SMILES string of the molecule is CCC(OC(=O)c1c2c(nc3ccccc13)CCN(C(C)C)C2)C(=O)Nc1nc(-c2cccc([N+](=O)[O-])c2)cs1. The van der Waals surface area contributed by atoms with Crippen LogP contribution in [0.15, 0.2) is 53.9 Å². The molecule has 2 aromatic carbocycles. The molecule has 1 atom stereocenters. The second kappa shape index (κ2) is 11.5. The van der Waals surface area contributed by atoms with Gasteiger partial charge in [0.25, 0.3) is 11.6 Å². The van der Waals surface area contributed by atoms with Gasteiger partial charge in [-0.15, -0.1) is 11.3 Å². The number of para-hydroxylation sites is 1. The molecular weight excluding hydrogens is 530 g/mol. The molecule has 0 radical (unpaired) electrons. The van der Waals surface area contributed by atoms with Crippen molar-refractivity contribution < 1.29 is 19.2 Å². The number of thiazole rings is 1. The van der Waals surface area contributed by atoms with Crippen molar-refractivity contribution >= 4 is 44.9 Å². The molecule has 0 spiro atoms. The Morgan fingerprint density at radius 2 is 1.98 bits per heavy atom. The van der Waals surface area contributed by atoms with Crippen molar-refractivity contribution in [1.29, 1.82) is 0 Å². The van der Waals surface area contributed by atoms with Gasteiger partial charge in [0.2, 0.25) is 0 Å². The summed E-state index contributed by atoms with van der Waals surface area (Å²) < 4.78 is 5.83. The average molecular weight is 560 g/mol. The van der Waals surface area contributed by atoms with E-state index in [1.54, 1.807) is 24.4 Å². The molecule has 1 aliphatic rings. The number of rotatable bonds is 8. The topological polar surface area (TPSA) is 128 Å². The number of ether oxygens (including phenoxy) is 1. The second-order valence-corrected chi connectivity index (χ2v) is 10.7. The van der Waals surface area contributed by atoms with E-state index in [1.807, 2.05) is 24.3 Å². The highest BCUT2D eigenvalue weighted by molar-refractivity contribution is 7.14. The van der Waals surface area contributed by atoms with Crippen LogP contribution in [0.3, 0.4) is 0 Å². The Labute approximate surface area is 235 Å². The highest BCUT2D eigenvalue weighted by Gasteiger charge is 2.30. The van der Waals surface area contributed by atoms with Gasteiger partial charge in [-0.05, 0) is 26.3 Å². The van der Waals surface area contributed by atoms with Crippen LogP contribution in [0, 0.1) is 10.1 Å². The number of amides is 1. The summed E-state index contributed by atoms with van der Waals surface area (Å²) in [5.74, 6) is -1.05. The Hall–Kier alpha value is -4.22. The molecule has 5 rings (SSSR count). The predicted molar refractivity (Wildman–Crippen MR) is 153 cm³/mol. The van der Waals surface area contributed by atoms with Gasteiger partial charge in [-0.3, -0.25) is 30.1 Å². The number of nitro groups is 1. The fraction of sp³-hybridized carbons (Fsp3) is 0.310. The maximum Gasteiger partial charge on any atom is 0.340 e. The van der Waals surface area contributed by atoms with Crippen molar-refractivity contribution in [2.45, 2.75) is 52.3 Å². The molecule has 206 valence electrons. The van der Waals surface area contributed by atoms with Crippen LogP contribution in [-0.4, -0.2) is 50.4 Å². The minimum absolute atomic E-state index is 0.0450. The van der Waals surface area contributed by atoms with Crippen LogP contribution in [0.2, 0.25) is 0 Å². The van der Waals surface area contributed by atoms with Crippen LogP contribution >= 0.6 is 11.3 Å². The Kier molecular flexibility index (Phi) is 7.85. The number of aromatic nitrogens is 2. The van der Waals surface area contributed by atoms with Crippen LogP contribution in [0.4, 0.5) is 10.8 Å². The first-order valence-corrected chi connectivity index (χ1v) is 14.0. The zero-order chi connectivity index (χ0) is 28.4. The summed E-state index contributed by atoms with van der Waals surface area (Å²) in [6.07, 6.45) is -0.0397. The van der Waals surface area contributed by atoms with Crippen LogP contribution in [-0.2, 0) is 22.5 Å². The van der Waals surface area contributed by atoms with Crippen LogP contribution in [0.5, 0.6) is 0 Å². The summed E-state index contributed by atoms with van der Waals surface area (Å²) in [6.45, 7) is 7.46. The molecule has 1 amide bonds. The number of hydrogen-bond acceptors (Lipinski definition) is 9. The number of carbonyl (C=O) groups excluding carboxylic acids is 2. The number of esters is 1. The lowest BCUT2D eigenvalue weighted by Crippen LogP contribution is -2.38. The van der Waals surface area contributed by atoms with Gasteiger partial charge in [0, 0.05) is 65.3 Å². The fourth-order valence-corrected chi connectivity index (χ4v) is 5.55. The smallest absolute Gasteiger partial charge is 0.340 e. The average Bonchev–Trinajstić information content (AvgIpc) is 3.42. The third-order valence-corrected chi connectivity index (χ3v) is 7.77. The number of fused-ring (bicyclic) bond motifs is 2. The molecule has 11 heteroatoms. The Morgan fingerprint density at radius 3 is 2.73 bits per heavy atom. The van der Waals surface area contributed by atoms with Crippen molar-refractivity contribution in [2.24, 2.45) is 0 Å². The zero-order valence-corrected chi connectivity index (χ0v) is 23.2. The van der Waals surface area contributed by atoms with Gasteiger partial charge in [0.1, 0.15) is 0 Å². The third-order valence-electron chi connectivity index (χ3n) is 7.01. The van der Waals surface area contributed by atoms with E-state index in [4.69, 9.17) is 9.72 Å². The molecule has 1 N–H and O–H groups in total. The van der Waals surface area contributed by atoms with Crippen molar-refractivity contribution in [3.63, 3.8) is 0 Å². The van der Waals surface area contributed by atoms with E-state index in [1.165, 1.54) is 23.5 Å². The van der Waals surface area contributed by atoms with Gasteiger partial charge < -0.3 is 4.74 Å². The van der Waals surface area contributed by atoms with Crippen molar-refractivity contribution in [1.82, 2.24) is 14.9 Å². The fourth-order valence-electron chi connectivity index (χ4n) is 4.82. The first-order valence-electron chi connectivity index (χ1n) is 13.1. The summed E-state index contributed by atoms with van der Waals surface area (Å²) in [4.78, 5) is 49.0.